The Kier molecular flexibility index (Phi) is 3.16. The summed E-state index contributed by atoms with van der Waals surface area (Å²) in [6.07, 6.45) is 0. The normalized spacial score (nSPS) is 19.6. The molecule has 1 unspecified atom stereocenters. The molecule has 0 spiro atoms. The Balaban J connectivity index is 2.09. The maximum Gasteiger partial charge on any atom is 0.488 e. The van der Waals surface area contributed by atoms with Crippen molar-refractivity contribution in [3.05, 3.63) is 42.2 Å². The zero-order chi connectivity index (χ0) is 15.2. The van der Waals surface area contributed by atoms with Gasteiger partial charge in [0.1, 0.15) is 5.82 Å². The standard InChI is InChI=1S/C13H11BFNO4S/c1-21(19)16-12-5-2-8(6-13(12)20-21)10-7-9(14(17)18)3-4-11(10)15/h2-7,17-18H,1H2,(H,16,19). The summed E-state index contributed by atoms with van der Waals surface area (Å²) < 4.78 is 33.4. The van der Waals surface area contributed by atoms with Crippen molar-refractivity contribution in [2.75, 3.05) is 4.72 Å². The second-order valence-electron chi connectivity index (χ2n) is 4.62. The van der Waals surface area contributed by atoms with E-state index in [0.717, 1.165) is 6.07 Å². The molecule has 1 aliphatic rings. The van der Waals surface area contributed by atoms with Crippen molar-refractivity contribution in [2.45, 2.75) is 0 Å². The van der Waals surface area contributed by atoms with Crippen LogP contribution in [0.4, 0.5) is 10.1 Å². The minimum atomic E-state index is -2.86. The van der Waals surface area contributed by atoms with Crippen LogP contribution in [0.1, 0.15) is 0 Å². The van der Waals surface area contributed by atoms with Crippen LogP contribution in [-0.2, 0) is 9.99 Å². The average molecular weight is 307 g/mol. The van der Waals surface area contributed by atoms with E-state index in [1.165, 1.54) is 18.2 Å². The van der Waals surface area contributed by atoms with Crippen LogP contribution >= 0.6 is 0 Å². The molecule has 5 nitrogen and oxygen atoms in total. The zero-order valence-electron chi connectivity index (χ0n) is 10.7. The van der Waals surface area contributed by atoms with Gasteiger partial charge in [0, 0.05) is 11.4 Å². The van der Waals surface area contributed by atoms with E-state index >= 15 is 0 Å². The fourth-order valence-electron chi connectivity index (χ4n) is 2.10. The van der Waals surface area contributed by atoms with Gasteiger partial charge in [0.25, 0.3) is 0 Å². The maximum absolute atomic E-state index is 13.9. The Hall–Kier alpha value is -2.03. The van der Waals surface area contributed by atoms with Crippen molar-refractivity contribution in [3.63, 3.8) is 0 Å². The minimum Gasteiger partial charge on any atom is -0.423 e. The highest BCUT2D eigenvalue weighted by Gasteiger charge is 2.21. The molecule has 0 bridgehead atoms. The summed E-state index contributed by atoms with van der Waals surface area (Å²) in [7, 11) is -4.54. The third-order valence-corrected chi connectivity index (χ3v) is 4.05. The largest absolute Gasteiger partial charge is 0.488 e. The van der Waals surface area contributed by atoms with Gasteiger partial charge in [-0.25, -0.2) is 8.60 Å². The van der Waals surface area contributed by atoms with Crippen LogP contribution in [0.3, 0.4) is 0 Å². The van der Waals surface area contributed by atoms with E-state index in [2.05, 4.69) is 10.6 Å². The van der Waals surface area contributed by atoms with Crippen molar-refractivity contribution in [2.24, 2.45) is 0 Å². The minimum absolute atomic E-state index is 0.173. The van der Waals surface area contributed by atoms with Crippen molar-refractivity contribution in [1.82, 2.24) is 0 Å². The van der Waals surface area contributed by atoms with Crippen LogP contribution in [0.15, 0.2) is 36.4 Å². The molecule has 108 valence electrons. The van der Waals surface area contributed by atoms with Crippen LogP contribution < -0.4 is 14.4 Å². The molecule has 8 heteroatoms. The average Bonchev–Trinajstić information content (AvgIpc) is 2.71. The van der Waals surface area contributed by atoms with Crippen LogP contribution in [0.5, 0.6) is 5.75 Å². The molecule has 1 atom stereocenters. The lowest BCUT2D eigenvalue weighted by Gasteiger charge is -2.07. The lowest BCUT2D eigenvalue weighted by molar-refractivity contribution is 0.425. The predicted molar refractivity (Wildman–Crippen MR) is 81.2 cm³/mol. The van der Waals surface area contributed by atoms with Gasteiger partial charge in [-0.05, 0) is 29.2 Å². The van der Waals surface area contributed by atoms with Crippen LogP contribution in [-0.4, -0.2) is 27.2 Å². The van der Waals surface area contributed by atoms with Gasteiger partial charge in [0.2, 0.25) is 9.99 Å². The number of anilines is 1. The number of benzene rings is 2. The van der Waals surface area contributed by atoms with Gasteiger partial charge in [0.05, 0.1) is 5.69 Å². The molecular weight excluding hydrogens is 296 g/mol. The zero-order valence-corrected chi connectivity index (χ0v) is 11.6. The van der Waals surface area contributed by atoms with E-state index in [4.69, 9.17) is 14.2 Å². The molecule has 3 rings (SSSR count). The molecule has 0 amide bonds. The molecule has 2 aromatic rings. The van der Waals surface area contributed by atoms with Crippen LogP contribution in [0, 0.1) is 5.82 Å². The number of fused-ring (bicyclic) bond motifs is 1. The Labute approximate surface area is 121 Å². The number of halogens is 1. The predicted octanol–water partition coefficient (Wildman–Crippen LogP) is 0.523. The number of rotatable bonds is 2. The second-order valence-corrected chi connectivity index (χ2v) is 6.22. The molecular formula is C13H11BFNO4S. The van der Waals surface area contributed by atoms with E-state index in [9.17, 15) is 8.60 Å². The third-order valence-electron chi connectivity index (χ3n) is 3.07. The Morgan fingerprint density at radius 3 is 2.71 bits per heavy atom. The molecule has 1 aliphatic heterocycles. The first-order valence-electron chi connectivity index (χ1n) is 6.00. The SMILES string of the molecule is C=S1(=O)Nc2ccc(-c3cc(B(O)O)ccc3F)cc2O1. The highest BCUT2D eigenvalue weighted by molar-refractivity contribution is 7.97. The molecule has 1 heterocycles. The summed E-state index contributed by atoms with van der Waals surface area (Å²) in [5.74, 6) is 3.19. The molecule has 0 aromatic heterocycles. The van der Waals surface area contributed by atoms with E-state index in [-0.39, 0.29) is 11.0 Å². The van der Waals surface area contributed by atoms with Gasteiger partial charge >= 0.3 is 7.12 Å². The molecule has 21 heavy (non-hydrogen) atoms. The van der Waals surface area contributed by atoms with Crippen molar-refractivity contribution in [1.29, 1.82) is 0 Å². The van der Waals surface area contributed by atoms with Gasteiger partial charge in [-0.3, -0.25) is 4.72 Å². The van der Waals surface area contributed by atoms with Crippen molar-refractivity contribution >= 4 is 34.1 Å². The first-order chi connectivity index (χ1) is 9.85. The quantitative estimate of drug-likeness (QED) is 0.558. The van der Waals surface area contributed by atoms with Gasteiger partial charge in [-0.2, -0.15) is 0 Å². The fraction of sp³-hybridized carbons (Fsp3) is 0. The smallest absolute Gasteiger partial charge is 0.423 e. The number of hydrogen-bond donors (Lipinski definition) is 3. The molecule has 0 radical (unpaired) electrons. The van der Waals surface area contributed by atoms with Gasteiger partial charge in [-0.1, -0.05) is 18.2 Å². The lowest BCUT2D eigenvalue weighted by atomic mass is 9.79. The second kappa shape index (κ2) is 4.76. The highest BCUT2D eigenvalue weighted by Crippen LogP contribution is 2.36. The Morgan fingerprint density at radius 2 is 2.00 bits per heavy atom. The maximum atomic E-state index is 13.9. The summed E-state index contributed by atoms with van der Waals surface area (Å²) in [5.41, 5.74) is 1.34. The summed E-state index contributed by atoms with van der Waals surface area (Å²) in [5, 5.41) is 18.3. The molecule has 0 saturated heterocycles. The first kappa shape index (κ1) is 13.9. The molecule has 0 aliphatic carbocycles. The Morgan fingerprint density at radius 1 is 1.24 bits per heavy atom. The topological polar surface area (TPSA) is 78.8 Å². The van der Waals surface area contributed by atoms with Gasteiger partial charge < -0.3 is 14.2 Å². The van der Waals surface area contributed by atoms with Crippen molar-refractivity contribution in [3.8, 4) is 16.9 Å². The molecule has 2 aromatic carbocycles. The van der Waals surface area contributed by atoms with E-state index in [1.54, 1.807) is 12.1 Å². The van der Waals surface area contributed by atoms with E-state index in [1.807, 2.05) is 0 Å². The summed E-state index contributed by atoms with van der Waals surface area (Å²) in [4.78, 5) is 0. The number of nitrogens with one attached hydrogen (secondary N) is 1. The molecule has 0 saturated carbocycles. The number of hydrogen-bond acceptors (Lipinski definition) is 4. The first-order valence-corrected chi connectivity index (χ1v) is 7.65. The highest BCUT2D eigenvalue weighted by atomic mass is 32.2. The lowest BCUT2D eigenvalue weighted by Crippen LogP contribution is -2.29. The third kappa shape index (κ3) is 2.60. The summed E-state index contributed by atoms with van der Waals surface area (Å²) in [6.45, 7) is 0. The summed E-state index contributed by atoms with van der Waals surface area (Å²) in [6, 6.07) is 8.52. The fourth-order valence-corrected chi connectivity index (χ4v) is 3.07. The van der Waals surface area contributed by atoms with Crippen LogP contribution in [0.2, 0.25) is 0 Å². The van der Waals surface area contributed by atoms with E-state index < -0.39 is 22.9 Å². The summed E-state index contributed by atoms with van der Waals surface area (Å²) >= 11 is 0. The van der Waals surface area contributed by atoms with Crippen molar-refractivity contribution < 1.29 is 22.8 Å². The van der Waals surface area contributed by atoms with Crippen LogP contribution in [0.25, 0.3) is 11.1 Å². The molecule has 0 fully saturated rings. The Bertz CT molecular complexity index is 823. The van der Waals surface area contributed by atoms with Gasteiger partial charge in [-0.15, -0.1) is 0 Å². The van der Waals surface area contributed by atoms with E-state index in [0.29, 0.717) is 17.0 Å². The molecule has 3 N–H and O–H groups in total. The van der Waals surface area contributed by atoms with Gasteiger partial charge in [0.15, 0.2) is 5.75 Å². The monoisotopic (exact) mass is 307 g/mol.